The minimum absolute atomic E-state index is 0.0457. The summed E-state index contributed by atoms with van der Waals surface area (Å²) in [4.78, 5) is 16.2. The molecular weight excluding hydrogens is 211 g/mol. The van der Waals surface area contributed by atoms with Crippen LogP contribution in [0.1, 0.15) is 34.1 Å². The third-order valence-corrected chi connectivity index (χ3v) is 2.11. The Bertz CT molecular complexity index is 230. The van der Waals surface area contributed by atoms with Gasteiger partial charge in [-0.25, -0.2) is 5.48 Å². The lowest BCUT2D eigenvalue weighted by Gasteiger charge is -2.33. The predicted octanol–water partition coefficient (Wildman–Crippen LogP) is 1.42. The summed E-state index contributed by atoms with van der Waals surface area (Å²) < 4.78 is 12.7. The van der Waals surface area contributed by atoms with E-state index in [9.17, 15) is 9.18 Å². The van der Waals surface area contributed by atoms with Crippen molar-refractivity contribution in [1.29, 1.82) is 0 Å². The van der Waals surface area contributed by atoms with Gasteiger partial charge in [0.2, 0.25) is 5.91 Å². The molecule has 1 amide bonds. The molecule has 0 unspecified atom stereocenters. The topological polar surface area (TPSA) is 50.4 Å². The second-order valence-corrected chi connectivity index (χ2v) is 5.40. The molecule has 0 aromatic carbocycles. The lowest BCUT2D eigenvalue weighted by Crippen LogP contribution is -2.48. The summed E-state index contributed by atoms with van der Waals surface area (Å²) in [6.07, 6.45) is 0.571. The number of halogens is 1. The molecule has 0 saturated heterocycles. The second kappa shape index (κ2) is 6.15. The molecule has 16 heavy (non-hydrogen) atoms. The summed E-state index contributed by atoms with van der Waals surface area (Å²) in [6.45, 7) is 6.98. The number of nitrogens with one attached hydrogen (secondary N) is 2. The Morgan fingerprint density at radius 1 is 1.31 bits per heavy atom. The van der Waals surface area contributed by atoms with Crippen LogP contribution in [0.5, 0.6) is 0 Å². The lowest BCUT2D eigenvalue weighted by atomic mass is 9.81. The van der Waals surface area contributed by atoms with Crippen molar-refractivity contribution in [3.05, 3.63) is 0 Å². The van der Waals surface area contributed by atoms with Gasteiger partial charge in [-0.1, -0.05) is 13.8 Å². The Labute approximate surface area is 96.9 Å². The van der Waals surface area contributed by atoms with Crippen molar-refractivity contribution in [1.82, 2.24) is 10.8 Å². The molecule has 0 rings (SSSR count). The van der Waals surface area contributed by atoms with Gasteiger partial charge in [-0.05, 0) is 25.7 Å². The molecule has 4 nitrogen and oxygen atoms in total. The number of alkyl halides is 1. The number of hydroxylamine groups is 1. The van der Waals surface area contributed by atoms with E-state index >= 15 is 0 Å². The van der Waals surface area contributed by atoms with Gasteiger partial charge in [0.15, 0.2) is 0 Å². The van der Waals surface area contributed by atoms with E-state index in [2.05, 4.69) is 10.8 Å². The molecule has 0 aliphatic carbocycles. The molecule has 0 saturated carbocycles. The smallest absolute Gasteiger partial charge is 0.248 e. The first-order valence-electron chi connectivity index (χ1n) is 5.38. The SMILES string of the molecule is CNOCC(=O)NC(C)(C)CC(C)(C)CF. The van der Waals surface area contributed by atoms with Crippen LogP contribution in [0, 0.1) is 5.41 Å². The molecule has 0 aliphatic heterocycles. The molecule has 5 heteroatoms. The van der Waals surface area contributed by atoms with Gasteiger partial charge in [-0.2, -0.15) is 0 Å². The zero-order valence-corrected chi connectivity index (χ0v) is 10.8. The van der Waals surface area contributed by atoms with E-state index < -0.39 is 17.6 Å². The molecule has 0 spiro atoms. The maximum Gasteiger partial charge on any atom is 0.248 e. The Morgan fingerprint density at radius 3 is 2.31 bits per heavy atom. The molecule has 0 fully saturated rings. The van der Waals surface area contributed by atoms with Gasteiger partial charge in [0, 0.05) is 12.6 Å². The first-order chi connectivity index (χ1) is 7.22. The van der Waals surface area contributed by atoms with Gasteiger partial charge in [-0.15, -0.1) is 0 Å². The summed E-state index contributed by atoms with van der Waals surface area (Å²) >= 11 is 0. The van der Waals surface area contributed by atoms with E-state index in [0.717, 1.165) is 0 Å². The maximum absolute atomic E-state index is 12.7. The number of hydrogen-bond donors (Lipinski definition) is 2. The van der Waals surface area contributed by atoms with Crippen LogP contribution in [0.2, 0.25) is 0 Å². The van der Waals surface area contributed by atoms with Gasteiger partial charge in [0.1, 0.15) is 6.61 Å². The van der Waals surface area contributed by atoms with Crippen LogP contribution in [0.3, 0.4) is 0 Å². The molecule has 0 aromatic heterocycles. The maximum atomic E-state index is 12.7. The average Bonchev–Trinajstić information content (AvgIpc) is 2.12. The Hall–Kier alpha value is -0.680. The van der Waals surface area contributed by atoms with Crippen molar-refractivity contribution in [2.75, 3.05) is 20.3 Å². The van der Waals surface area contributed by atoms with Gasteiger partial charge in [0.25, 0.3) is 0 Å². The highest BCUT2D eigenvalue weighted by molar-refractivity contribution is 5.77. The normalized spacial score (nSPS) is 12.6. The largest absolute Gasteiger partial charge is 0.349 e. The van der Waals surface area contributed by atoms with Crippen molar-refractivity contribution in [2.45, 2.75) is 39.7 Å². The molecule has 96 valence electrons. The first-order valence-corrected chi connectivity index (χ1v) is 5.38. The minimum atomic E-state index is -0.441. The van der Waals surface area contributed by atoms with Crippen LogP contribution in [0.25, 0.3) is 0 Å². The highest BCUT2D eigenvalue weighted by atomic mass is 19.1. The van der Waals surface area contributed by atoms with Crippen LogP contribution >= 0.6 is 0 Å². The molecule has 0 bridgehead atoms. The number of carbonyl (C=O) groups is 1. The summed E-state index contributed by atoms with van der Waals surface area (Å²) in [5.41, 5.74) is 1.55. The predicted molar refractivity (Wildman–Crippen MR) is 61.6 cm³/mol. The second-order valence-electron chi connectivity index (χ2n) is 5.40. The van der Waals surface area contributed by atoms with Crippen LogP contribution < -0.4 is 10.8 Å². The van der Waals surface area contributed by atoms with Crippen molar-refractivity contribution in [3.8, 4) is 0 Å². The zero-order valence-electron chi connectivity index (χ0n) is 10.8. The average molecular weight is 234 g/mol. The van der Waals surface area contributed by atoms with Crippen LogP contribution in [-0.4, -0.2) is 31.8 Å². The van der Waals surface area contributed by atoms with Crippen molar-refractivity contribution in [2.24, 2.45) is 5.41 Å². The van der Waals surface area contributed by atoms with Crippen molar-refractivity contribution < 1.29 is 14.0 Å². The monoisotopic (exact) mass is 234 g/mol. The van der Waals surface area contributed by atoms with E-state index in [1.54, 1.807) is 7.05 Å². The summed E-state index contributed by atoms with van der Waals surface area (Å²) in [5.74, 6) is -0.214. The molecule has 0 aromatic rings. The third kappa shape index (κ3) is 6.74. The zero-order chi connectivity index (χ0) is 12.8. The van der Waals surface area contributed by atoms with Crippen molar-refractivity contribution in [3.63, 3.8) is 0 Å². The summed E-state index contributed by atoms with van der Waals surface area (Å²) in [7, 11) is 1.59. The molecule has 0 aliphatic rings. The highest BCUT2D eigenvalue weighted by Gasteiger charge is 2.30. The Balaban J connectivity index is 4.18. The number of amides is 1. The molecular formula is C11H23FN2O2. The Kier molecular flexibility index (Phi) is 5.89. The fourth-order valence-electron chi connectivity index (χ4n) is 1.84. The molecule has 0 radical (unpaired) electrons. The van der Waals surface area contributed by atoms with Crippen LogP contribution in [0.4, 0.5) is 4.39 Å². The van der Waals surface area contributed by atoms with E-state index in [1.165, 1.54) is 0 Å². The van der Waals surface area contributed by atoms with Crippen LogP contribution in [0.15, 0.2) is 0 Å². The van der Waals surface area contributed by atoms with E-state index in [4.69, 9.17) is 4.84 Å². The van der Waals surface area contributed by atoms with Gasteiger partial charge in [-0.3, -0.25) is 14.0 Å². The molecule has 2 N–H and O–H groups in total. The van der Waals surface area contributed by atoms with Gasteiger partial charge in [0.05, 0.1) is 6.67 Å². The quantitative estimate of drug-likeness (QED) is 0.655. The summed E-state index contributed by atoms with van der Waals surface area (Å²) in [6, 6.07) is 0. The fraction of sp³-hybridized carbons (Fsp3) is 0.909. The van der Waals surface area contributed by atoms with E-state index in [0.29, 0.717) is 6.42 Å². The number of hydrogen-bond acceptors (Lipinski definition) is 3. The lowest BCUT2D eigenvalue weighted by molar-refractivity contribution is -0.129. The van der Waals surface area contributed by atoms with E-state index in [1.807, 2.05) is 27.7 Å². The fourth-order valence-corrected chi connectivity index (χ4v) is 1.84. The Morgan fingerprint density at radius 2 is 1.88 bits per heavy atom. The van der Waals surface area contributed by atoms with Gasteiger partial charge < -0.3 is 5.32 Å². The number of rotatable bonds is 7. The van der Waals surface area contributed by atoms with E-state index in [-0.39, 0.29) is 12.5 Å². The van der Waals surface area contributed by atoms with Gasteiger partial charge >= 0.3 is 0 Å². The number of carbonyl (C=O) groups excluding carboxylic acids is 1. The third-order valence-electron chi connectivity index (χ3n) is 2.11. The van der Waals surface area contributed by atoms with Crippen LogP contribution in [-0.2, 0) is 9.63 Å². The molecule has 0 heterocycles. The molecule has 0 atom stereocenters. The standard InChI is InChI=1S/C11H23FN2O2/c1-10(2,8-12)7-11(3,4)14-9(15)6-16-13-5/h13H,6-8H2,1-5H3,(H,14,15). The minimum Gasteiger partial charge on any atom is -0.349 e. The van der Waals surface area contributed by atoms with Crippen molar-refractivity contribution >= 4 is 5.91 Å². The highest BCUT2D eigenvalue weighted by Crippen LogP contribution is 2.28. The first kappa shape index (κ1) is 15.3. The summed E-state index contributed by atoms with van der Waals surface area (Å²) in [5, 5.41) is 2.81.